The highest BCUT2D eigenvalue weighted by molar-refractivity contribution is 6.32. The summed E-state index contributed by atoms with van der Waals surface area (Å²) in [4.78, 5) is 12.4. The van der Waals surface area contributed by atoms with Crippen LogP contribution < -0.4 is 10.9 Å². The highest BCUT2D eigenvalue weighted by Crippen LogP contribution is 2.23. The Balaban J connectivity index is 1.91. The zero-order valence-electron chi connectivity index (χ0n) is 12.6. The number of hydrogen-bond donors (Lipinski definition) is 1. The molecule has 0 saturated heterocycles. The van der Waals surface area contributed by atoms with Crippen LogP contribution in [0.1, 0.15) is 18.5 Å². The average Bonchev–Trinajstić information content (AvgIpc) is 2.60. The van der Waals surface area contributed by atoms with Crippen LogP contribution >= 0.6 is 11.6 Å². The normalized spacial score (nSPS) is 11.9. The van der Waals surface area contributed by atoms with E-state index in [4.69, 9.17) is 11.6 Å². The van der Waals surface area contributed by atoms with E-state index in [-0.39, 0.29) is 16.6 Å². The van der Waals surface area contributed by atoms with Crippen molar-refractivity contribution >= 4 is 17.3 Å². The third kappa shape index (κ3) is 3.27. The van der Waals surface area contributed by atoms with Gasteiger partial charge in [0.1, 0.15) is 5.02 Å². The van der Waals surface area contributed by atoms with Crippen molar-refractivity contribution in [1.29, 1.82) is 0 Å². The van der Waals surface area contributed by atoms with Gasteiger partial charge in [0.2, 0.25) is 0 Å². The highest BCUT2D eigenvalue weighted by atomic mass is 35.5. The third-order valence-electron chi connectivity index (χ3n) is 3.59. The Hall–Kier alpha value is -2.59. The van der Waals surface area contributed by atoms with E-state index < -0.39 is 0 Å². The molecule has 116 valence electrons. The third-order valence-corrected chi connectivity index (χ3v) is 3.96. The lowest BCUT2D eigenvalue weighted by molar-refractivity contribution is 0.799. The van der Waals surface area contributed by atoms with Gasteiger partial charge >= 0.3 is 0 Å². The molecule has 23 heavy (non-hydrogen) atoms. The number of benzene rings is 2. The van der Waals surface area contributed by atoms with Crippen LogP contribution in [0, 0.1) is 0 Å². The van der Waals surface area contributed by atoms with Gasteiger partial charge in [0.15, 0.2) is 0 Å². The average molecular weight is 326 g/mol. The van der Waals surface area contributed by atoms with E-state index in [0.717, 1.165) is 5.56 Å². The largest absolute Gasteiger partial charge is 0.376 e. The molecule has 5 heteroatoms. The van der Waals surface area contributed by atoms with E-state index >= 15 is 0 Å². The maximum absolute atomic E-state index is 12.4. The van der Waals surface area contributed by atoms with E-state index in [1.807, 2.05) is 67.6 Å². The quantitative estimate of drug-likeness (QED) is 0.787. The standard InChI is InChI=1S/C18H16ClN3O/c1-13(14-8-4-2-5-9-14)21-16-12-20-22(18(23)17(16)19)15-10-6-3-7-11-15/h2-13,21H,1H3. The predicted octanol–water partition coefficient (Wildman–Crippen LogP) is 4.06. The lowest BCUT2D eigenvalue weighted by Gasteiger charge is -2.16. The Morgan fingerprint density at radius 1 is 1.04 bits per heavy atom. The number of nitrogens with zero attached hydrogens (tertiary/aromatic N) is 2. The second-order valence-corrected chi connectivity index (χ2v) is 5.58. The van der Waals surface area contributed by atoms with Gasteiger partial charge in [-0.05, 0) is 24.6 Å². The fourth-order valence-electron chi connectivity index (χ4n) is 2.34. The van der Waals surface area contributed by atoms with Crippen molar-refractivity contribution in [3.05, 3.63) is 87.8 Å². The first kappa shape index (κ1) is 15.3. The van der Waals surface area contributed by atoms with E-state index in [1.165, 1.54) is 4.68 Å². The SMILES string of the molecule is CC(Nc1cnn(-c2ccccc2)c(=O)c1Cl)c1ccccc1. The summed E-state index contributed by atoms with van der Waals surface area (Å²) >= 11 is 6.24. The Bertz CT molecular complexity index is 847. The second kappa shape index (κ2) is 6.67. The molecule has 3 rings (SSSR count). The van der Waals surface area contributed by atoms with Crippen LogP contribution in [0.3, 0.4) is 0 Å². The number of hydrogen-bond acceptors (Lipinski definition) is 3. The van der Waals surface area contributed by atoms with Crippen LogP contribution in [-0.4, -0.2) is 9.78 Å². The number of nitrogens with one attached hydrogen (secondary N) is 1. The molecule has 2 aromatic carbocycles. The zero-order valence-corrected chi connectivity index (χ0v) is 13.4. The van der Waals surface area contributed by atoms with Crippen molar-refractivity contribution in [1.82, 2.24) is 9.78 Å². The molecule has 0 aliphatic rings. The Labute approximate surface area is 139 Å². The van der Waals surface area contributed by atoms with E-state index in [9.17, 15) is 4.79 Å². The Morgan fingerprint density at radius 3 is 2.30 bits per heavy atom. The summed E-state index contributed by atoms with van der Waals surface area (Å²) in [5.41, 5.74) is 1.97. The lowest BCUT2D eigenvalue weighted by atomic mass is 10.1. The zero-order chi connectivity index (χ0) is 16.2. The predicted molar refractivity (Wildman–Crippen MR) is 93.3 cm³/mol. The molecular formula is C18H16ClN3O. The van der Waals surface area contributed by atoms with Crippen molar-refractivity contribution in [3.8, 4) is 5.69 Å². The van der Waals surface area contributed by atoms with Gasteiger partial charge in [0.25, 0.3) is 5.56 Å². The molecule has 0 fully saturated rings. The molecule has 0 aliphatic carbocycles. The number of para-hydroxylation sites is 1. The van der Waals surface area contributed by atoms with Gasteiger partial charge in [0, 0.05) is 6.04 Å². The van der Waals surface area contributed by atoms with Gasteiger partial charge in [-0.15, -0.1) is 0 Å². The molecule has 0 radical (unpaired) electrons. The fraction of sp³-hybridized carbons (Fsp3) is 0.111. The lowest BCUT2D eigenvalue weighted by Crippen LogP contribution is -2.23. The smallest absolute Gasteiger partial charge is 0.292 e. The summed E-state index contributed by atoms with van der Waals surface area (Å²) in [6.07, 6.45) is 1.58. The molecule has 1 N–H and O–H groups in total. The molecule has 1 aromatic heterocycles. The molecule has 0 spiro atoms. The maximum atomic E-state index is 12.4. The number of aromatic nitrogens is 2. The van der Waals surface area contributed by atoms with Crippen molar-refractivity contribution in [2.24, 2.45) is 0 Å². The minimum atomic E-state index is -0.344. The highest BCUT2D eigenvalue weighted by Gasteiger charge is 2.13. The monoisotopic (exact) mass is 325 g/mol. The van der Waals surface area contributed by atoms with E-state index in [1.54, 1.807) is 6.20 Å². The van der Waals surface area contributed by atoms with Crippen LogP contribution in [0.15, 0.2) is 71.7 Å². The summed E-state index contributed by atoms with van der Waals surface area (Å²) in [7, 11) is 0. The van der Waals surface area contributed by atoms with Gasteiger partial charge < -0.3 is 5.32 Å². The summed E-state index contributed by atoms with van der Waals surface area (Å²) in [6.45, 7) is 2.01. The molecule has 1 unspecified atom stereocenters. The first-order valence-electron chi connectivity index (χ1n) is 7.31. The van der Waals surface area contributed by atoms with E-state index in [0.29, 0.717) is 11.4 Å². The summed E-state index contributed by atoms with van der Waals surface area (Å²) in [6, 6.07) is 19.2. The maximum Gasteiger partial charge on any atom is 0.292 e. The number of rotatable bonds is 4. The first-order valence-corrected chi connectivity index (χ1v) is 7.69. The van der Waals surface area contributed by atoms with Crippen molar-refractivity contribution in [2.45, 2.75) is 13.0 Å². The van der Waals surface area contributed by atoms with Crippen LogP contribution in [-0.2, 0) is 0 Å². The van der Waals surface area contributed by atoms with Crippen LogP contribution in [0.4, 0.5) is 5.69 Å². The number of halogens is 1. The molecule has 0 bridgehead atoms. The van der Waals surface area contributed by atoms with Gasteiger partial charge in [-0.2, -0.15) is 9.78 Å². The molecule has 0 aliphatic heterocycles. The molecule has 1 heterocycles. The molecule has 0 saturated carbocycles. The molecular weight excluding hydrogens is 310 g/mol. The van der Waals surface area contributed by atoms with Crippen LogP contribution in [0.2, 0.25) is 5.02 Å². The molecule has 0 amide bonds. The molecule has 1 atom stereocenters. The Kier molecular flexibility index (Phi) is 4.44. The second-order valence-electron chi connectivity index (χ2n) is 5.20. The van der Waals surface area contributed by atoms with Gasteiger partial charge in [-0.3, -0.25) is 4.79 Å². The minimum Gasteiger partial charge on any atom is -0.376 e. The summed E-state index contributed by atoms with van der Waals surface area (Å²) < 4.78 is 1.29. The minimum absolute atomic E-state index is 0.0162. The van der Waals surface area contributed by atoms with Crippen molar-refractivity contribution in [3.63, 3.8) is 0 Å². The van der Waals surface area contributed by atoms with Gasteiger partial charge in [-0.1, -0.05) is 60.1 Å². The van der Waals surface area contributed by atoms with E-state index in [2.05, 4.69) is 10.4 Å². The first-order chi connectivity index (χ1) is 11.2. The van der Waals surface area contributed by atoms with Crippen molar-refractivity contribution in [2.75, 3.05) is 5.32 Å². The van der Waals surface area contributed by atoms with Crippen LogP contribution in [0.5, 0.6) is 0 Å². The van der Waals surface area contributed by atoms with Crippen molar-refractivity contribution < 1.29 is 0 Å². The topological polar surface area (TPSA) is 46.9 Å². The number of anilines is 1. The van der Waals surface area contributed by atoms with Gasteiger partial charge in [0.05, 0.1) is 17.6 Å². The van der Waals surface area contributed by atoms with Crippen LogP contribution in [0.25, 0.3) is 5.69 Å². The summed E-state index contributed by atoms with van der Waals surface area (Å²) in [5.74, 6) is 0. The summed E-state index contributed by atoms with van der Waals surface area (Å²) in [5, 5.41) is 7.58. The van der Waals surface area contributed by atoms with Gasteiger partial charge in [-0.25, -0.2) is 0 Å². The Morgan fingerprint density at radius 2 is 1.65 bits per heavy atom. The fourth-order valence-corrected chi connectivity index (χ4v) is 2.53. The molecule has 3 aromatic rings. The molecule has 4 nitrogen and oxygen atoms in total.